The van der Waals surface area contributed by atoms with Gasteiger partial charge in [0.05, 0.1) is 17.2 Å². The summed E-state index contributed by atoms with van der Waals surface area (Å²) in [5.74, 6) is -0.382. The molecule has 5 nitrogen and oxygen atoms in total. The van der Waals surface area contributed by atoms with E-state index in [-0.39, 0.29) is 17.9 Å². The van der Waals surface area contributed by atoms with Gasteiger partial charge < -0.3 is 10.6 Å². The van der Waals surface area contributed by atoms with Crippen LogP contribution in [0.4, 0.5) is 5.69 Å². The third-order valence-corrected chi connectivity index (χ3v) is 3.91. The van der Waals surface area contributed by atoms with E-state index in [4.69, 9.17) is 5.73 Å². The maximum absolute atomic E-state index is 12.4. The second kappa shape index (κ2) is 4.35. The van der Waals surface area contributed by atoms with Gasteiger partial charge in [0.15, 0.2) is 0 Å². The quantitative estimate of drug-likeness (QED) is 0.602. The lowest BCUT2D eigenvalue weighted by Gasteiger charge is -2.34. The summed E-state index contributed by atoms with van der Waals surface area (Å²) in [6.45, 7) is 1.77. The fraction of sp³-hybridized carbons (Fsp3) is 0.429. The number of rotatable bonds is 1. The molecule has 2 N–H and O–H groups in total. The SMILES string of the molecule is CN1CCCC(N2C(=O)c3ccc(N)cc3C2=O)C1. The molecule has 1 atom stereocenters. The van der Waals surface area contributed by atoms with Crippen LogP contribution < -0.4 is 5.73 Å². The average molecular weight is 259 g/mol. The van der Waals surface area contributed by atoms with E-state index in [1.807, 2.05) is 7.05 Å². The van der Waals surface area contributed by atoms with Gasteiger partial charge in [0.25, 0.3) is 11.8 Å². The average Bonchev–Trinajstić information content (AvgIpc) is 2.61. The molecule has 2 amide bonds. The Morgan fingerprint density at radius 1 is 1.21 bits per heavy atom. The highest BCUT2D eigenvalue weighted by Gasteiger charge is 2.40. The molecule has 0 bridgehead atoms. The van der Waals surface area contributed by atoms with Crippen molar-refractivity contribution in [3.63, 3.8) is 0 Å². The van der Waals surface area contributed by atoms with Gasteiger partial charge in [-0.15, -0.1) is 0 Å². The molecule has 1 aromatic carbocycles. The molecule has 0 saturated carbocycles. The minimum absolute atomic E-state index is 0.0209. The molecule has 0 aliphatic carbocycles. The second-order valence-corrected chi connectivity index (χ2v) is 5.34. The summed E-state index contributed by atoms with van der Waals surface area (Å²) in [5, 5.41) is 0. The zero-order chi connectivity index (χ0) is 13.6. The standard InChI is InChI=1S/C14H17N3O2/c1-16-6-2-3-10(8-16)17-13(18)11-5-4-9(15)7-12(11)14(17)19/h4-5,7,10H,2-3,6,8,15H2,1H3. The fourth-order valence-corrected chi connectivity index (χ4v) is 2.96. The van der Waals surface area contributed by atoms with Gasteiger partial charge in [-0.25, -0.2) is 0 Å². The number of nitrogens with zero attached hydrogens (tertiary/aromatic N) is 2. The fourth-order valence-electron chi connectivity index (χ4n) is 2.96. The van der Waals surface area contributed by atoms with Crippen molar-refractivity contribution in [3.8, 4) is 0 Å². The summed E-state index contributed by atoms with van der Waals surface area (Å²) in [6.07, 6.45) is 1.89. The maximum atomic E-state index is 12.4. The van der Waals surface area contributed by atoms with E-state index in [0.717, 1.165) is 25.9 Å². The smallest absolute Gasteiger partial charge is 0.261 e. The van der Waals surface area contributed by atoms with Crippen molar-refractivity contribution in [1.82, 2.24) is 9.80 Å². The van der Waals surface area contributed by atoms with Crippen LogP contribution in [-0.2, 0) is 0 Å². The van der Waals surface area contributed by atoms with Gasteiger partial charge in [0, 0.05) is 12.2 Å². The number of hydrogen-bond acceptors (Lipinski definition) is 4. The molecule has 1 unspecified atom stereocenters. The number of nitrogen functional groups attached to an aromatic ring is 1. The number of hydrogen-bond donors (Lipinski definition) is 1. The molecule has 100 valence electrons. The summed E-state index contributed by atoms with van der Waals surface area (Å²) in [7, 11) is 2.02. The molecule has 1 saturated heterocycles. The molecule has 2 heterocycles. The number of benzene rings is 1. The minimum atomic E-state index is -0.201. The number of anilines is 1. The number of carbonyl (C=O) groups excluding carboxylic acids is 2. The number of imide groups is 1. The first-order valence-electron chi connectivity index (χ1n) is 6.54. The van der Waals surface area contributed by atoms with E-state index in [0.29, 0.717) is 16.8 Å². The summed E-state index contributed by atoms with van der Waals surface area (Å²) < 4.78 is 0. The van der Waals surface area contributed by atoms with Gasteiger partial charge in [-0.3, -0.25) is 14.5 Å². The van der Waals surface area contributed by atoms with Crippen molar-refractivity contribution < 1.29 is 9.59 Å². The summed E-state index contributed by atoms with van der Waals surface area (Å²) in [4.78, 5) is 28.3. The monoisotopic (exact) mass is 259 g/mol. The van der Waals surface area contributed by atoms with Crippen LogP contribution in [0.3, 0.4) is 0 Å². The van der Waals surface area contributed by atoms with Crippen molar-refractivity contribution in [2.45, 2.75) is 18.9 Å². The Balaban J connectivity index is 1.94. The molecule has 2 aliphatic rings. The van der Waals surface area contributed by atoms with Crippen LogP contribution >= 0.6 is 0 Å². The molecule has 5 heteroatoms. The molecule has 19 heavy (non-hydrogen) atoms. The molecular formula is C14H17N3O2. The van der Waals surface area contributed by atoms with Crippen LogP contribution in [0.15, 0.2) is 18.2 Å². The lowest BCUT2D eigenvalue weighted by Crippen LogP contribution is -2.49. The maximum Gasteiger partial charge on any atom is 0.261 e. The Hall–Kier alpha value is -1.88. The van der Waals surface area contributed by atoms with Crippen LogP contribution in [0.2, 0.25) is 0 Å². The Kier molecular flexibility index (Phi) is 2.78. The van der Waals surface area contributed by atoms with Crippen LogP contribution in [0.5, 0.6) is 0 Å². The predicted octanol–water partition coefficient (Wildman–Crippen LogP) is 0.959. The first-order chi connectivity index (χ1) is 9.08. The topological polar surface area (TPSA) is 66.6 Å². The molecule has 0 aromatic heterocycles. The highest BCUT2D eigenvalue weighted by Crippen LogP contribution is 2.29. The number of amides is 2. The molecule has 1 aromatic rings. The number of likely N-dealkylation sites (N-methyl/N-ethyl adjacent to an activating group) is 1. The van der Waals surface area contributed by atoms with Crippen LogP contribution in [-0.4, -0.2) is 47.8 Å². The lowest BCUT2D eigenvalue weighted by molar-refractivity contribution is 0.0503. The summed E-state index contributed by atoms with van der Waals surface area (Å²) in [6, 6.07) is 4.90. The van der Waals surface area contributed by atoms with Crippen molar-refractivity contribution in [1.29, 1.82) is 0 Å². The minimum Gasteiger partial charge on any atom is -0.399 e. The van der Waals surface area contributed by atoms with Crippen molar-refractivity contribution in [2.24, 2.45) is 0 Å². The van der Waals surface area contributed by atoms with Crippen molar-refractivity contribution in [2.75, 3.05) is 25.9 Å². The number of carbonyl (C=O) groups is 2. The normalized spacial score (nSPS) is 23.8. The zero-order valence-electron chi connectivity index (χ0n) is 10.9. The molecule has 1 fully saturated rings. The van der Waals surface area contributed by atoms with Crippen LogP contribution in [0.1, 0.15) is 33.6 Å². The predicted molar refractivity (Wildman–Crippen MR) is 71.9 cm³/mol. The summed E-state index contributed by atoms with van der Waals surface area (Å²) >= 11 is 0. The van der Waals surface area contributed by atoms with E-state index in [1.165, 1.54) is 4.90 Å². The number of piperidine rings is 1. The molecule has 3 rings (SSSR count). The first kappa shape index (κ1) is 12.2. The van der Waals surface area contributed by atoms with E-state index < -0.39 is 0 Å². The Labute approximate surface area is 112 Å². The number of fused-ring (bicyclic) bond motifs is 1. The Morgan fingerprint density at radius 2 is 1.95 bits per heavy atom. The van der Waals surface area contributed by atoms with E-state index >= 15 is 0 Å². The molecule has 0 spiro atoms. The zero-order valence-corrected chi connectivity index (χ0v) is 10.9. The number of nitrogens with two attached hydrogens (primary N) is 1. The summed E-state index contributed by atoms with van der Waals surface area (Å²) in [5.41, 5.74) is 7.13. The number of likely N-dealkylation sites (tertiary alicyclic amines) is 1. The van der Waals surface area contributed by atoms with Gasteiger partial charge in [-0.1, -0.05) is 0 Å². The Bertz CT molecular complexity index is 556. The first-order valence-corrected chi connectivity index (χ1v) is 6.54. The third kappa shape index (κ3) is 1.90. The van der Waals surface area contributed by atoms with E-state index in [9.17, 15) is 9.59 Å². The van der Waals surface area contributed by atoms with Crippen LogP contribution in [0, 0.1) is 0 Å². The molecular weight excluding hydrogens is 242 g/mol. The van der Waals surface area contributed by atoms with Crippen molar-refractivity contribution >= 4 is 17.5 Å². The largest absolute Gasteiger partial charge is 0.399 e. The van der Waals surface area contributed by atoms with Gasteiger partial charge in [-0.05, 0) is 44.6 Å². The Morgan fingerprint density at radius 3 is 2.68 bits per heavy atom. The van der Waals surface area contributed by atoms with Gasteiger partial charge in [-0.2, -0.15) is 0 Å². The van der Waals surface area contributed by atoms with Gasteiger partial charge in [0.2, 0.25) is 0 Å². The van der Waals surface area contributed by atoms with Gasteiger partial charge >= 0.3 is 0 Å². The van der Waals surface area contributed by atoms with E-state index in [2.05, 4.69) is 4.90 Å². The molecule has 2 aliphatic heterocycles. The lowest BCUT2D eigenvalue weighted by atomic mass is 10.0. The van der Waals surface area contributed by atoms with Crippen LogP contribution in [0.25, 0.3) is 0 Å². The van der Waals surface area contributed by atoms with Gasteiger partial charge in [0.1, 0.15) is 0 Å². The van der Waals surface area contributed by atoms with Crippen molar-refractivity contribution in [3.05, 3.63) is 29.3 Å². The third-order valence-electron chi connectivity index (χ3n) is 3.91. The molecule has 0 radical (unpaired) electrons. The van der Waals surface area contributed by atoms with E-state index in [1.54, 1.807) is 18.2 Å². The second-order valence-electron chi connectivity index (χ2n) is 5.34. The highest BCUT2D eigenvalue weighted by atomic mass is 16.2. The highest BCUT2D eigenvalue weighted by molar-refractivity contribution is 6.21.